The first-order valence-electron chi connectivity index (χ1n) is 33.2. The summed E-state index contributed by atoms with van der Waals surface area (Å²) < 4.78 is 6.13. The van der Waals surface area contributed by atoms with E-state index in [2.05, 4.69) is 206 Å². The summed E-state index contributed by atoms with van der Waals surface area (Å²) in [6, 6.07) is 82.7. The fourth-order valence-corrected chi connectivity index (χ4v) is 15.9. The van der Waals surface area contributed by atoms with Crippen molar-refractivity contribution in [1.29, 1.82) is 0 Å². The van der Waals surface area contributed by atoms with Crippen LogP contribution in [-0.4, -0.2) is 83.1 Å². The largest absolute Gasteiger partial charge is 0.507 e. The summed E-state index contributed by atoms with van der Waals surface area (Å²) in [6.45, 7) is 21.1. The number of rotatable bonds is 12. The second-order valence-corrected chi connectivity index (χ2v) is 43.3. The molecule has 15 aromatic rings. The number of hydrogen-bond donors (Lipinski definition) is 3. The minimum atomic E-state index is -1.61. The molecule has 0 aliphatic rings. The summed E-state index contributed by atoms with van der Waals surface area (Å²) in [5.41, 5.74) is 19.6. The van der Waals surface area contributed by atoms with Crippen LogP contribution < -0.4 is 15.6 Å². The van der Waals surface area contributed by atoms with Crippen LogP contribution in [0.5, 0.6) is 17.2 Å². The first-order chi connectivity index (χ1) is 47.5. The standard InChI is InChI=1S/3C28H26N3OSi.3Pt/c2*1-31-25-13-8-12-22(27(25)30-28(31)23-11-5-6-14-26(23)32)19-9-7-10-20(17-19)24-18-21(15-16-29-24)33(2,3)4;1-31-25-18-21(33(2,3)4)17-23(27(25)30-28(31)22-12-5-6-14-26(22)32)19-10-9-11-20(16-19)24-13-7-8-15-29-24;;;/h2*5-16,18,32H,1-4H3;5-15,17-18,32H,1-4H3;;;/q3*-1;;;. The van der Waals surface area contributed by atoms with Gasteiger partial charge in [0, 0.05) is 120 Å². The second-order valence-electron chi connectivity index (χ2n) is 28.0. The van der Waals surface area contributed by atoms with Gasteiger partial charge in [0.25, 0.3) is 0 Å². The predicted molar refractivity (Wildman–Crippen MR) is 415 cm³/mol. The topological polar surface area (TPSA) is 153 Å². The van der Waals surface area contributed by atoms with E-state index < -0.39 is 24.2 Å². The van der Waals surface area contributed by atoms with Gasteiger partial charge in [0.05, 0.1) is 74.0 Å². The van der Waals surface area contributed by atoms with E-state index in [1.165, 1.54) is 15.6 Å². The van der Waals surface area contributed by atoms with Crippen LogP contribution in [0.25, 0.3) is 134 Å². The van der Waals surface area contributed by atoms with Crippen LogP contribution in [0.4, 0.5) is 0 Å². The first kappa shape index (κ1) is 75.6. The molecule has 15 rings (SSSR count). The molecule has 0 aliphatic heterocycles. The van der Waals surface area contributed by atoms with Gasteiger partial charge in [-0.3, -0.25) is 15.0 Å². The molecule has 0 aliphatic carbocycles. The Bertz CT molecular complexity index is 5300. The summed E-state index contributed by atoms with van der Waals surface area (Å²) >= 11 is 0. The minimum Gasteiger partial charge on any atom is -0.507 e. The zero-order valence-corrected chi connectivity index (χ0v) is 68.6. The Kier molecular flexibility index (Phi) is 23.2. The molecule has 0 radical (unpaired) electrons. The van der Waals surface area contributed by atoms with Gasteiger partial charge in [-0.1, -0.05) is 199 Å². The number of fused-ring (bicyclic) bond motifs is 3. The predicted octanol–water partition coefficient (Wildman–Crippen LogP) is 18.1. The number of aryl methyl sites for hydroxylation is 3. The van der Waals surface area contributed by atoms with Crippen molar-refractivity contribution in [2.24, 2.45) is 21.1 Å². The van der Waals surface area contributed by atoms with Crippen LogP contribution in [0.2, 0.25) is 58.9 Å². The van der Waals surface area contributed by atoms with E-state index >= 15 is 0 Å². The van der Waals surface area contributed by atoms with Crippen LogP contribution in [0.15, 0.2) is 237 Å². The normalized spacial score (nSPS) is 11.4. The summed E-state index contributed by atoms with van der Waals surface area (Å²) in [6.07, 6.45) is 5.61. The molecule has 102 heavy (non-hydrogen) atoms. The number of aromatic nitrogens is 9. The smallest absolute Gasteiger partial charge is 0.143 e. The molecule has 522 valence electrons. The molecule has 0 spiro atoms. The molecule has 18 heteroatoms. The van der Waals surface area contributed by atoms with Gasteiger partial charge < -0.3 is 29.0 Å². The van der Waals surface area contributed by atoms with Crippen LogP contribution in [0.1, 0.15) is 0 Å². The SMILES string of the molecule is Cn1c(-c2ccccc2O)nc2c(-c3[c-]c(-c4cc([Si](C)(C)C)ccn4)ccc3)cccc21.Cn1c(-c2ccccc2O)nc2c(-c3[c-]c(-c4cc([Si](C)(C)C)ccn4)ccc3)cccc21.Cn1c(-c2ccccc2O)nc2c(-c3[c-]c(-c4ccccn4)ccc3)cc([Si](C)(C)C)cc21.[Pt].[Pt].[Pt]. The molecule has 6 aromatic heterocycles. The number of imidazole rings is 3. The maximum atomic E-state index is 10.5. The fraction of sp³-hybridized carbons (Fsp3) is 0.143. The second kappa shape index (κ2) is 31.3. The molecule has 0 saturated carbocycles. The molecule has 0 fully saturated rings. The van der Waals surface area contributed by atoms with E-state index in [1.807, 2.05) is 134 Å². The van der Waals surface area contributed by atoms with E-state index in [1.54, 1.807) is 24.4 Å². The number of aromatic hydroxyl groups is 3. The van der Waals surface area contributed by atoms with Crippen LogP contribution in [0.3, 0.4) is 0 Å². The van der Waals surface area contributed by atoms with Gasteiger partial charge in [-0.25, -0.2) is 15.0 Å². The van der Waals surface area contributed by atoms with E-state index in [-0.39, 0.29) is 80.4 Å². The van der Waals surface area contributed by atoms with Gasteiger partial charge in [-0.2, -0.15) is 0 Å². The van der Waals surface area contributed by atoms with Gasteiger partial charge in [0.1, 0.15) is 34.7 Å². The Morgan fingerprint density at radius 2 is 0.608 bits per heavy atom. The molecule has 3 N–H and O–H groups in total. The van der Waals surface area contributed by atoms with E-state index in [0.29, 0.717) is 11.1 Å². The summed E-state index contributed by atoms with van der Waals surface area (Å²) in [5.74, 6) is 2.88. The van der Waals surface area contributed by atoms with Crippen molar-refractivity contribution in [2.45, 2.75) is 58.9 Å². The van der Waals surface area contributed by atoms with E-state index in [4.69, 9.17) is 15.0 Å². The van der Waals surface area contributed by atoms with Crippen molar-refractivity contribution in [3.63, 3.8) is 0 Å². The average molecular weight is 1930 g/mol. The Morgan fingerprint density at radius 3 is 0.990 bits per heavy atom. The van der Waals surface area contributed by atoms with E-state index in [9.17, 15) is 15.3 Å². The molecular formula is C84H78N9O3Pt3Si3-3. The molecule has 9 aromatic carbocycles. The van der Waals surface area contributed by atoms with Crippen molar-refractivity contribution in [3.05, 3.63) is 255 Å². The van der Waals surface area contributed by atoms with Gasteiger partial charge >= 0.3 is 0 Å². The van der Waals surface area contributed by atoms with Gasteiger partial charge in [-0.05, 0) is 72.8 Å². The maximum Gasteiger partial charge on any atom is 0.143 e. The fourth-order valence-electron chi connectivity index (χ4n) is 12.4. The van der Waals surface area contributed by atoms with E-state index in [0.717, 1.165) is 123 Å². The summed E-state index contributed by atoms with van der Waals surface area (Å²) in [7, 11) is 1.48. The van der Waals surface area contributed by atoms with Crippen LogP contribution in [0, 0.1) is 18.2 Å². The van der Waals surface area contributed by atoms with Gasteiger partial charge in [0.15, 0.2) is 0 Å². The quantitative estimate of drug-likeness (QED) is 0.0801. The molecule has 0 bridgehead atoms. The third-order valence-electron chi connectivity index (χ3n) is 18.1. The Morgan fingerprint density at radius 1 is 0.284 bits per heavy atom. The van der Waals surface area contributed by atoms with Crippen LogP contribution >= 0.6 is 0 Å². The average Bonchev–Trinajstić information content (AvgIpc) is 1.60. The molecular weight excluding hydrogens is 1850 g/mol. The maximum absolute atomic E-state index is 10.5. The molecule has 0 atom stereocenters. The first-order valence-corrected chi connectivity index (χ1v) is 43.7. The monoisotopic (exact) mass is 1930 g/mol. The number of phenols is 3. The zero-order valence-electron chi connectivity index (χ0n) is 58.8. The molecule has 0 amide bonds. The van der Waals surface area contributed by atoms with Crippen molar-refractivity contribution in [3.8, 4) is 119 Å². The molecule has 0 saturated heterocycles. The number of nitrogens with zero attached hydrogens (tertiary/aromatic N) is 9. The number of para-hydroxylation sites is 5. The third-order valence-corrected chi connectivity index (χ3v) is 24.2. The van der Waals surface area contributed by atoms with Crippen molar-refractivity contribution >= 4 is 72.9 Å². The number of benzene rings is 9. The Labute approximate surface area is 643 Å². The minimum absolute atomic E-state index is 0. The van der Waals surface area contributed by atoms with Gasteiger partial charge in [-0.15, -0.1) is 89.5 Å². The van der Waals surface area contributed by atoms with Crippen molar-refractivity contribution < 1.29 is 78.5 Å². The van der Waals surface area contributed by atoms with Crippen molar-refractivity contribution in [1.82, 2.24) is 43.6 Å². The zero-order chi connectivity index (χ0) is 69.5. The van der Waals surface area contributed by atoms with Gasteiger partial charge in [0.2, 0.25) is 0 Å². The number of phenolic OH excluding ortho intramolecular Hbond substituents is 3. The number of hydrogen-bond acceptors (Lipinski definition) is 9. The molecule has 6 heterocycles. The Hall–Kier alpha value is -9.04. The molecule has 12 nitrogen and oxygen atoms in total. The number of pyridine rings is 3. The Balaban J connectivity index is 0.000000162. The van der Waals surface area contributed by atoms with Crippen LogP contribution in [-0.2, 0) is 84.3 Å². The summed E-state index contributed by atoms with van der Waals surface area (Å²) in [4.78, 5) is 28.7. The third kappa shape index (κ3) is 15.8. The molecule has 0 unspecified atom stereocenters. The van der Waals surface area contributed by atoms with Crippen molar-refractivity contribution in [2.75, 3.05) is 0 Å². The summed E-state index contributed by atoms with van der Waals surface area (Å²) in [5, 5.41) is 35.4.